The van der Waals surface area contributed by atoms with E-state index >= 15 is 0 Å². The quantitative estimate of drug-likeness (QED) is 0.132. The van der Waals surface area contributed by atoms with E-state index in [1.807, 2.05) is 158 Å². The topological polar surface area (TPSA) is 76.7 Å². The molecule has 2 N–H and O–H groups in total. The maximum absolute atomic E-state index is 12.3. The first kappa shape index (κ1) is 36.9. The Morgan fingerprint density at radius 2 is 0.788 bits per heavy atom. The Labute approximate surface area is 313 Å². The van der Waals surface area contributed by atoms with Crippen LogP contribution in [0.15, 0.2) is 168 Å². The molecule has 6 nitrogen and oxygen atoms in total. The van der Waals surface area contributed by atoms with E-state index in [0.29, 0.717) is 11.4 Å². The zero-order valence-corrected chi connectivity index (χ0v) is 30.1. The molecule has 0 aromatic heterocycles. The summed E-state index contributed by atoms with van der Waals surface area (Å²) < 4.78 is 10.2. The van der Waals surface area contributed by atoms with Gasteiger partial charge in [0.05, 0.1) is 25.6 Å². The number of amides is 2. The average Bonchev–Trinajstić information content (AvgIpc) is 3.19. The van der Waals surface area contributed by atoms with Gasteiger partial charge in [-0.1, -0.05) is 84.3 Å². The first-order chi connectivity index (χ1) is 25.5. The Hall–Kier alpha value is -6.32. The molecule has 0 saturated carbocycles. The molecule has 0 radical (unpaired) electrons. The van der Waals surface area contributed by atoms with Crippen LogP contribution in [0.3, 0.4) is 0 Å². The van der Waals surface area contributed by atoms with Crippen LogP contribution >= 0.6 is 23.5 Å². The van der Waals surface area contributed by atoms with Crippen LogP contribution < -0.4 is 20.1 Å². The van der Waals surface area contributed by atoms with Crippen molar-refractivity contribution < 1.29 is 19.1 Å². The molecule has 0 fully saturated rings. The molecule has 6 aromatic carbocycles. The number of thioether (sulfide) groups is 2. The third-order valence-electron chi connectivity index (χ3n) is 7.10. The number of ether oxygens (including phenoxy) is 2. The SMILES string of the molecule is COc1ccc(SC(=O)Nc2ccccc2C#Cc2ccccc2)cc1.COc1ccc(SC(=O)Nc2ccccc2C#Cc2ccccc2)cc1. The second-order valence-electron chi connectivity index (χ2n) is 10.7. The van der Waals surface area contributed by atoms with Crippen molar-refractivity contribution in [2.24, 2.45) is 0 Å². The van der Waals surface area contributed by atoms with Crippen molar-refractivity contribution in [3.8, 4) is 35.2 Å². The fraction of sp³-hybridized carbons (Fsp3) is 0.0455. The third kappa shape index (κ3) is 11.9. The zero-order valence-electron chi connectivity index (χ0n) is 28.5. The van der Waals surface area contributed by atoms with E-state index < -0.39 is 0 Å². The van der Waals surface area contributed by atoms with Crippen LogP contribution in [0.4, 0.5) is 21.0 Å². The Morgan fingerprint density at radius 1 is 0.442 bits per heavy atom. The second-order valence-corrected chi connectivity index (χ2v) is 12.8. The summed E-state index contributed by atoms with van der Waals surface area (Å²) in [4.78, 5) is 26.4. The molecule has 8 heteroatoms. The molecule has 256 valence electrons. The summed E-state index contributed by atoms with van der Waals surface area (Å²) in [6.07, 6.45) is 0. The van der Waals surface area contributed by atoms with Gasteiger partial charge < -0.3 is 20.1 Å². The van der Waals surface area contributed by atoms with Gasteiger partial charge >= 0.3 is 0 Å². The van der Waals surface area contributed by atoms with Gasteiger partial charge in [-0.3, -0.25) is 9.59 Å². The number of rotatable bonds is 6. The van der Waals surface area contributed by atoms with Gasteiger partial charge in [0.2, 0.25) is 0 Å². The first-order valence-corrected chi connectivity index (χ1v) is 17.7. The van der Waals surface area contributed by atoms with Crippen LogP contribution in [0.5, 0.6) is 11.5 Å². The van der Waals surface area contributed by atoms with E-state index in [2.05, 4.69) is 34.3 Å². The summed E-state index contributed by atoms with van der Waals surface area (Å²) >= 11 is 2.25. The summed E-state index contributed by atoms with van der Waals surface area (Å²) in [6.45, 7) is 0. The highest BCUT2D eigenvalue weighted by Gasteiger charge is 2.09. The first-order valence-electron chi connectivity index (χ1n) is 16.1. The van der Waals surface area contributed by atoms with E-state index in [0.717, 1.165) is 67.1 Å². The van der Waals surface area contributed by atoms with Crippen LogP contribution in [0.25, 0.3) is 0 Å². The standard InChI is InChI=1S/2C22H17NO2S/c2*1-25-19-13-15-20(16-14-19)26-22(24)23-21-10-6-5-9-18(21)12-11-17-7-3-2-4-8-17/h2*2-10,13-16H,1H3,(H,23,24). The zero-order chi connectivity index (χ0) is 36.4. The molecule has 0 heterocycles. The summed E-state index contributed by atoms with van der Waals surface area (Å²) in [7, 11) is 3.23. The van der Waals surface area contributed by atoms with Gasteiger partial charge in [-0.25, -0.2) is 0 Å². The second kappa shape index (κ2) is 19.8. The normalized spacial score (nSPS) is 9.73. The molecule has 0 atom stereocenters. The minimum absolute atomic E-state index is 0.163. The minimum Gasteiger partial charge on any atom is -0.497 e. The van der Waals surface area contributed by atoms with Crippen LogP contribution in [0.2, 0.25) is 0 Å². The van der Waals surface area contributed by atoms with Gasteiger partial charge in [-0.05, 0) is 121 Å². The molecule has 0 saturated heterocycles. The lowest BCUT2D eigenvalue weighted by Crippen LogP contribution is -2.06. The monoisotopic (exact) mass is 718 g/mol. The number of hydrogen-bond acceptors (Lipinski definition) is 6. The van der Waals surface area contributed by atoms with Crippen LogP contribution in [0.1, 0.15) is 22.3 Å². The molecule has 0 unspecified atom stereocenters. The molecule has 6 rings (SSSR count). The molecular formula is C44H34N2O4S2. The summed E-state index contributed by atoms with van der Waals surface area (Å²) in [5, 5.41) is 5.50. The van der Waals surface area contributed by atoms with E-state index in [-0.39, 0.29) is 10.5 Å². The molecule has 0 spiro atoms. The molecule has 52 heavy (non-hydrogen) atoms. The van der Waals surface area contributed by atoms with Gasteiger partial charge in [0, 0.05) is 32.0 Å². The van der Waals surface area contributed by atoms with Gasteiger partial charge in [-0.15, -0.1) is 0 Å². The van der Waals surface area contributed by atoms with Crippen LogP contribution in [-0.2, 0) is 0 Å². The molecule has 6 aromatic rings. The molecule has 0 aliphatic heterocycles. The fourth-order valence-electron chi connectivity index (χ4n) is 4.50. The fourth-order valence-corrected chi connectivity index (χ4v) is 5.79. The molecular weight excluding hydrogens is 685 g/mol. The third-order valence-corrected chi connectivity index (χ3v) is 8.69. The lowest BCUT2D eigenvalue weighted by Gasteiger charge is -2.07. The predicted octanol–water partition coefficient (Wildman–Crippen LogP) is 10.8. The smallest absolute Gasteiger partial charge is 0.288 e. The number of nitrogens with one attached hydrogen (secondary N) is 2. The molecule has 0 bridgehead atoms. The summed E-state index contributed by atoms with van der Waals surface area (Å²) in [5.41, 5.74) is 4.81. The van der Waals surface area contributed by atoms with E-state index in [4.69, 9.17) is 9.47 Å². The van der Waals surface area contributed by atoms with Crippen LogP contribution in [0, 0.1) is 23.7 Å². The van der Waals surface area contributed by atoms with Gasteiger partial charge in [0.15, 0.2) is 0 Å². The van der Waals surface area contributed by atoms with Crippen molar-refractivity contribution in [2.45, 2.75) is 9.79 Å². The Morgan fingerprint density at radius 3 is 1.15 bits per heavy atom. The van der Waals surface area contributed by atoms with Gasteiger partial charge in [0.25, 0.3) is 10.5 Å². The molecule has 0 aliphatic carbocycles. The van der Waals surface area contributed by atoms with Crippen molar-refractivity contribution in [2.75, 3.05) is 24.9 Å². The van der Waals surface area contributed by atoms with Gasteiger partial charge in [0.1, 0.15) is 11.5 Å². The lowest BCUT2D eigenvalue weighted by atomic mass is 10.1. The number of para-hydroxylation sites is 2. The van der Waals surface area contributed by atoms with Crippen molar-refractivity contribution in [3.63, 3.8) is 0 Å². The van der Waals surface area contributed by atoms with Crippen LogP contribution in [-0.4, -0.2) is 24.7 Å². The van der Waals surface area contributed by atoms with Crippen molar-refractivity contribution in [1.82, 2.24) is 0 Å². The summed E-state index contributed by atoms with van der Waals surface area (Å²) in [6, 6.07) is 49.3. The van der Waals surface area contributed by atoms with Crippen molar-refractivity contribution >= 4 is 45.4 Å². The maximum Gasteiger partial charge on any atom is 0.288 e. The van der Waals surface area contributed by atoms with Crippen molar-refractivity contribution in [3.05, 3.63) is 180 Å². The highest BCUT2D eigenvalue weighted by molar-refractivity contribution is 8.14. The Balaban J connectivity index is 0.000000201. The number of benzene rings is 6. The highest BCUT2D eigenvalue weighted by Crippen LogP contribution is 2.26. The average molecular weight is 719 g/mol. The van der Waals surface area contributed by atoms with Gasteiger partial charge in [-0.2, -0.15) is 0 Å². The number of hydrogen-bond donors (Lipinski definition) is 2. The summed E-state index contributed by atoms with van der Waals surface area (Å²) in [5.74, 6) is 14.0. The molecule has 2 amide bonds. The van der Waals surface area contributed by atoms with E-state index in [1.54, 1.807) is 14.2 Å². The van der Waals surface area contributed by atoms with E-state index in [1.165, 1.54) is 0 Å². The largest absolute Gasteiger partial charge is 0.497 e. The maximum atomic E-state index is 12.3. The van der Waals surface area contributed by atoms with Crippen molar-refractivity contribution in [1.29, 1.82) is 0 Å². The predicted molar refractivity (Wildman–Crippen MR) is 213 cm³/mol. The Bertz CT molecular complexity index is 2040. The molecule has 0 aliphatic rings. The lowest BCUT2D eigenvalue weighted by molar-refractivity contribution is 0.269. The highest BCUT2D eigenvalue weighted by atomic mass is 32.2. The Kier molecular flexibility index (Phi) is 14.0. The number of carbonyl (C=O) groups is 2. The number of methoxy groups -OCH3 is 2. The number of anilines is 2. The van der Waals surface area contributed by atoms with E-state index in [9.17, 15) is 9.59 Å². The number of carbonyl (C=O) groups excluding carboxylic acids is 2. The minimum atomic E-state index is -0.163.